The lowest BCUT2D eigenvalue weighted by Gasteiger charge is -2.09. The van der Waals surface area contributed by atoms with Crippen molar-refractivity contribution >= 4 is 34.1 Å². The zero-order valence-electron chi connectivity index (χ0n) is 9.25. The smallest absolute Gasteiger partial charge is 0.163 e. The summed E-state index contributed by atoms with van der Waals surface area (Å²) >= 11 is 2.10. The highest BCUT2D eigenvalue weighted by Gasteiger charge is 2.08. The molecule has 0 saturated heterocycles. The van der Waals surface area contributed by atoms with Crippen LogP contribution in [0.4, 0.5) is 20.3 Å². The zero-order chi connectivity index (χ0) is 13.1. The highest BCUT2D eigenvalue weighted by Crippen LogP contribution is 2.20. The van der Waals surface area contributed by atoms with E-state index in [1.807, 2.05) is 0 Å². The summed E-state index contributed by atoms with van der Waals surface area (Å²) in [4.78, 5) is 3.97. The van der Waals surface area contributed by atoms with E-state index < -0.39 is 11.6 Å². The number of pyridine rings is 1. The zero-order valence-corrected chi connectivity index (χ0v) is 11.4. The molecule has 0 aliphatic rings. The number of nitrogens with zero attached hydrogens (tertiary/aromatic N) is 1. The van der Waals surface area contributed by atoms with Gasteiger partial charge in [0.15, 0.2) is 11.6 Å². The van der Waals surface area contributed by atoms with Gasteiger partial charge in [0.05, 0.1) is 5.69 Å². The molecule has 1 heterocycles. The number of hydrogen-bond acceptors (Lipinski definition) is 3. The quantitative estimate of drug-likeness (QED) is 0.826. The number of halogens is 3. The first-order valence-electron chi connectivity index (χ1n) is 5.15. The molecule has 2 aromatic rings. The Balaban J connectivity index is 2.16. The molecule has 0 spiro atoms. The fraction of sp³-hybridized carbons (Fsp3) is 0.0833. The second kappa shape index (κ2) is 5.47. The minimum absolute atomic E-state index is 0.148. The van der Waals surface area contributed by atoms with Crippen molar-refractivity contribution in [1.29, 1.82) is 0 Å². The normalized spacial score (nSPS) is 10.4. The third-order valence-electron chi connectivity index (χ3n) is 2.39. The third kappa shape index (κ3) is 2.87. The predicted molar refractivity (Wildman–Crippen MR) is 75.1 cm³/mol. The molecule has 0 unspecified atom stereocenters. The van der Waals surface area contributed by atoms with Crippen molar-refractivity contribution in [3.63, 3.8) is 0 Å². The van der Waals surface area contributed by atoms with Gasteiger partial charge in [0.1, 0.15) is 5.82 Å². The van der Waals surface area contributed by atoms with Gasteiger partial charge >= 0.3 is 0 Å². The minimum Gasteiger partial charge on any atom is -0.382 e. The molecule has 0 bridgehead atoms. The summed E-state index contributed by atoms with van der Waals surface area (Å²) in [6.07, 6.45) is 1.63. The molecule has 18 heavy (non-hydrogen) atoms. The second-order valence-electron chi connectivity index (χ2n) is 3.65. The maximum atomic E-state index is 13.4. The SMILES string of the molecule is Nc1ncc(I)cc1NCc1cccc(F)c1F. The molecule has 6 heteroatoms. The Morgan fingerprint density at radius 3 is 2.89 bits per heavy atom. The Labute approximate surface area is 117 Å². The van der Waals surface area contributed by atoms with Crippen LogP contribution in [0.2, 0.25) is 0 Å². The summed E-state index contributed by atoms with van der Waals surface area (Å²) in [5, 5.41) is 2.94. The molecule has 3 nitrogen and oxygen atoms in total. The number of aromatic nitrogens is 1. The van der Waals surface area contributed by atoms with Crippen LogP contribution in [0.25, 0.3) is 0 Å². The van der Waals surface area contributed by atoms with Crippen LogP contribution < -0.4 is 11.1 Å². The first-order valence-corrected chi connectivity index (χ1v) is 6.23. The molecule has 0 radical (unpaired) electrons. The van der Waals surface area contributed by atoms with Gasteiger partial charge < -0.3 is 11.1 Å². The van der Waals surface area contributed by atoms with Gasteiger partial charge in [-0.25, -0.2) is 13.8 Å². The van der Waals surface area contributed by atoms with Gasteiger partial charge in [-0.2, -0.15) is 0 Å². The van der Waals surface area contributed by atoms with E-state index in [9.17, 15) is 8.78 Å². The Kier molecular flexibility index (Phi) is 3.95. The van der Waals surface area contributed by atoms with E-state index in [4.69, 9.17) is 5.73 Å². The molecule has 1 aromatic heterocycles. The largest absolute Gasteiger partial charge is 0.382 e. The number of nitrogen functional groups attached to an aromatic ring is 1. The van der Waals surface area contributed by atoms with Gasteiger partial charge in [-0.1, -0.05) is 12.1 Å². The standard InChI is InChI=1S/C12H10F2IN3/c13-9-3-1-2-7(11(9)14)5-17-10-4-8(15)6-18-12(10)16/h1-4,6,17H,5H2,(H2,16,18). The van der Waals surface area contributed by atoms with Crippen LogP contribution in [0, 0.1) is 15.2 Å². The average Bonchev–Trinajstić information content (AvgIpc) is 2.35. The lowest BCUT2D eigenvalue weighted by atomic mass is 10.2. The van der Waals surface area contributed by atoms with Crippen molar-refractivity contribution in [2.24, 2.45) is 0 Å². The molecule has 0 aliphatic heterocycles. The van der Waals surface area contributed by atoms with Gasteiger partial charge in [-0.15, -0.1) is 0 Å². The third-order valence-corrected chi connectivity index (χ3v) is 2.98. The van der Waals surface area contributed by atoms with Crippen LogP contribution >= 0.6 is 22.6 Å². The number of nitrogens with two attached hydrogens (primary N) is 1. The van der Waals surface area contributed by atoms with Crippen molar-refractivity contribution in [2.45, 2.75) is 6.54 Å². The maximum absolute atomic E-state index is 13.4. The van der Waals surface area contributed by atoms with E-state index in [0.717, 1.165) is 9.64 Å². The molecule has 0 saturated carbocycles. The van der Waals surface area contributed by atoms with Gasteiger partial charge in [0.25, 0.3) is 0 Å². The minimum atomic E-state index is -0.858. The fourth-order valence-electron chi connectivity index (χ4n) is 1.47. The number of rotatable bonds is 3. The van der Waals surface area contributed by atoms with Crippen LogP contribution in [-0.2, 0) is 6.54 Å². The average molecular weight is 361 g/mol. The second-order valence-corrected chi connectivity index (χ2v) is 4.90. The highest BCUT2D eigenvalue weighted by atomic mass is 127. The lowest BCUT2D eigenvalue weighted by Crippen LogP contribution is -2.06. The molecule has 2 rings (SSSR count). The van der Waals surface area contributed by atoms with E-state index in [1.54, 1.807) is 12.3 Å². The molecule has 94 valence electrons. The summed E-state index contributed by atoms with van der Waals surface area (Å²) in [5.41, 5.74) is 6.52. The van der Waals surface area contributed by atoms with Gasteiger partial charge in [0, 0.05) is 21.9 Å². The van der Waals surface area contributed by atoms with E-state index in [2.05, 4.69) is 32.9 Å². The number of anilines is 2. The highest BCUT2D eigenvalue weighted by molar-refractivity contribution is 14.1. The molecule has 0 atom stereocenters. The first kappa shape index (κ1) is 13.0. The number of nitrogens with one attached hydrogen (secondary N) is 1. The summed E-state index contributed by atoms with van der Waals surface area (Å²) in [6.45, 7) is 0.148. The topological polar surface area (TPSA) is 50.9 Å². The van der Waals surface area contributed by atoms with Crippen LogP contribution in [0.15, 0.2) is 30.5 Å². The van der Waals surface area contributed by atoms with Crippen molar-refractivity contribution in [3.8, 4) is 0 Å². The van der Waals surface area contributed by atoms with Crippen LogP contribution in [-0.4, -0.2) is 4.98 Å². The molecular formula is C12H10F2IN3. The number of benzene rings is 1. The van der Waals surface area contributed by atoms with E-state index in [-0.39, 0.29) is 12.1 Å². The molecule has 0 aliphatic carbocycles. The lowest BCUT2D eigenvalue weighted by molar-refractivity contribution is 0.500. The first-order chi connectivity index (χ1) is 8.58. The fourth-order valence-corrected chi connectivity index (χ4v) is 1.92. The van der Waals surface area contributed by atoms with Crippen LogP contribution in [0.3, 0.4) is 0 Å². The van der Waals surface area contributed by atoms with E-state index in [0.29, 0.717) is 11.5 Å². The Morgan fingerprint density at radius 2 is 2.11 bits per heavy atom. The number of hydrogen-bond donors (Lipinski definition) is 2. The van der Waals surface area contributed by atoms with Crippen molar-refractivity contribution in [1.82, 2.24) is 4.98 Å². The van der Waals surface area contributed by atoms with Gasteiger partial charge in [-0.05, 0) is 34.7 Å². The molecule has 0 fully saturated rings. The summed E-state index contributed by atoms with van der Waals surface area (Å²) in [6, 6.07) is 5.86. The van der Waals surface area contributed by atoms with Gasteiger partial charge in [-0.3, -0.25) is 0 Å². The van der Waals surface area contributed by atoms with Crippen molar-refractivity contribution < 1.29 is 8.78 Å². The van der Waals surface area contributed by atoms with Crippen LogP contribution in [0.5, 0.6) is 0 Å². The Morgan fingerprint density at radius 1 is 1.33 bits per heavy atom. The summed E-state index contributed by atoms with van der Waals surface area (Å²) in [7, 11) is 0. The van der Waals surface area contributed by atoms with E-state index >= 15 is 0 Å². The van der Waals surface area contributed by atoms with Crippen molar-refractivity contribution in [2.75, 3.05) is 11.1 Å². The van der Waals surface area contributed by atoms with Crippen LogP contribution in [0.1, 0.15) is 5.56 Å². The molecular weight excluding hydrogens is 351 g/mol. The summed E-state index contributed by atoms with van der Waals surface area (Å²) in [5.74, 6) is -1.38. The molecule has 0 amide bonds. The molecule has 1 aromatic carbocycles. The summed E-state index contributed by atoms with van der Waals surface area (Å²) < 4.78 is 27.3. The molecule has 3 N–H and O–H groups in total. The van der Waals surface area contributed by atoms with Crippen molar-refractivity contribution in [3.05, 3.63) is 51.2 Å². The Hall–Kier alpha value is -1.44. The van der Waals surface area contributed by atoms with Gasteiger partial charge in [0.2, 0.25) is 0 Å². The Bertz CT molecular complexity index is 573. The monoisotopic (exact) mass is 361 g/mol. The maximum Gasteiger partial charge on any atom is 0.163 e. The predicted octanol–water partition coefficient (Wildman–Crippen LogP) is 3.16. The van der Waals surface area contributed by atoms with E-state index in [1.165, 1.54) is 12.1 Å².